The van der Waals surface area contributed by atoms with E-state index in [-0.39, 0.29) is 12.4 Å². The van der Waals surface area contributed by atoms with Crippen molar-refractivity contribution in [2.24, 2.45) is 5.84 Å². The number of amides is 2. The molecule has 2 amide bonds. The summed E-state index contributed by atoms with van der Waals surface area (Å²) in [6, 6.07) is 7.30. The molecule has 0 aliphatic rings. The van der Waals surface area contributed by atoms with Crippen molar-refractivity contribution in [1.29, 1.82) is 0 Å². The minimum Gasteiger partial charge on any atom is -0.307 e. The third-order valence-corrected chi connectivity index (χ3v) is 1.88. The van der Waals surface area contributed by atoms with Gasteiger partial charge in [-0.1, -0.05) is 25.5 Å². The van der Waals surface area contributed by atoms with E-state index < -0.39 is 6.03 Å². The fourth-order valence-corrected chi connectivity index (χ4v) is 1.21. The van der Waals surface area contributed by atoms with Gasteiger partial charge in [-0.05, 0) is 24.1 Å². The van der Waals surface area contributed by atoms with Crippen LogP contribution in [0.25, 0.3) is 0 Å². The molecule has 84 valence electrons. The second kappa shape index (κ2) is 7.09. The third-order valence-electron chi connectivity index (χ3n) is 1.88. The van der Waals surface area contributed by atoms with Crippen LogP contribution in [-0.2, 0) is 6.42 Å². The van der Waals surface area contributed by atoms with E-state index in [0.29, 0.717) is 0 Å². The maximum Gasteiger partial charge on any atom is 0.333 e. The van der Waals surface area contributed by atoms with Crippen molar-refractivity contribution in [3.63, 3.8) is 0 Å². The Morgan fingerprint density at radius 3 is 2.40 bits per heavy atom. The first-order valence-corrected chi connectivity index (χ1v) is 4.62. The van der Waals surface area contributed by atoms with Gasteiger partial charge in [-0.15, -0.1) is 12.4 Å². The number of benzene rings is 1. The number of urea groups is 1. The van der Waals surface area contributed by atoms with Gasteiger partial charge in [0.2, 0.25) is 0 Å². The van der Waals surface area contributed by atoms with Gasteiger partial charge in [-0.3, -0.25) is 5.43 Å². The molecule has 0 saturated carbocycles. The van der Waals surface area contributed by atoms with Crippen molar-refractivity contribution in [3.05, 3.63) is 29.8 Å². The van der Waals surface area contributed by atoms with E-state index in [1.165, 1.54) is 5.56 Å². The van der Waals surface area contributed by atoms with E-state index in [2.05, 4.69) is 12.2 Å². The van der Waals surface area contributed by atoms with Crippen LogP contribution in [0.2, 0.25) is 0 Å². The van der Waals surface area contributed by atoms with E-state index >= 15 is 0 Å². The van der Waals surface area contributed by atoms with Gasteiger partial charge in [0.15, 0.2) is 0 Å². The molecule has 0 aromatic heterocycles. The molecule has 0 aliphatic carbocycles. The number of aryl methyl sites for hydroxylation is 1. The van der Waals surface area contributed by atoms with Crippen LogP contribution in [0.5, 0.6) is 0 Å². The first kappa shape index (κ1) is 13.7. The molecule has 0 aliphatic heterocycles. The molecular formula is C10H16ClN3O. The summed E-state index contributed by atoms with van der Waals surface area (Å²) >= 11 is 0. The molecule has 0 fully saturated rings. The van der Waals surface area contributed by atoms with Gasteiger partial charge in [0.05, 0.1) is 0 Å². The lowest BCUT2D eigenvalue weighted by atomic mass is 10.1. The van der Waals surface area contributed by atoms with E-state index in [1.54, 1.807) is 0 Å². The molecule has 4 N–H and O–H groups in total. The lowest BCUT2D eigenvalue weighted by Crippen LogP contribution is -2.34. The van der Waals surface area contributed by atoms with Crippen molar-refractivity contribution in [2.75, 3.05) is 5.32 Å². The van der Waals surface area contributed by atoms with E-state index in [9.17, 15) is 4.79 Å². The molecule has 0 radical (unpaired) electrons. The number of rotatable bonds is 3. The Hall–Kier alpha value is -1.26. The van der Waals surface area contributed by atoms with Crippen molar-refractivity contribution in [1.82, 2.24) is 5.43 Å². The summed E-state index contributed by atoms with van der Waals surface area (Å²) in [6.07, 6.45) is 2.18. The van der Waals surface area contributed by atoms with Crippen LogP contribution >= 0.6 is 12.4 Å². The largest absolute Gasteiger partial charge is 0.333 e. The Morgan fingerprint density at radius 2 is 1.93 bits per heavy atom. The molecule has 0 saturated heterocycles. The number of nitrogens with one attached hydrogen (secondary N) is 2. The van der Waals surface area contributed by atoms with Crippen LogP contribution in [0.15, 0.2) is 24.3 Å². The van der Waals surface area contributed by atoms with Crippen LogP contribution in [0.3, 0.4) is 0 Å². The molecule has 4 nitrogen and oxygen atoms in total. The van der Waals surface area contributed by atoms with Gasteiger partial charge < -0.3 is 5.32 Å². The molecule has 0 heterocycles. The molecule has 0 atom stereocenters. The summed E-state index contributed by atoms with van der Waals surface area (Å²) < 4.78 is 0. The minimum absolute atomic E-state index is 0. The molecule has 5 heteroatoms. The van der Waals surface area contributed by atoms with Crippen molar-refractivity contribution in [3.8, 4) is 0 Å². The van der Waals surface area contributed by atoms with Crippen molar-refractivity contribution in [2.45, 2.75) is 19.8 Å². The molecule has 0 unspecified atom stereocenters. The quantitative estimate of drug-likeness (QED) is 0.422. The highest BCUT2D eigenvalue weighted by atomic mass is 35.5. The average Bonchev–Trinajstić information content (AvgIpc) is 2.21. The zero-order valence-electron chi connectivity index (χ0n) is 8.62. The van der Waals surface area contributed by atoms with Gasteiger partial charge in [0.1, 0.15) is 0 Å². The third kappa shape index (κ3) is 4.67. The molecule has 1 aromatic carbocycles. The van der Waals surface area contributed by atoms with Crippen LogP contribution in [0.4, 0.5) is 10.5 Å². The van der Waals surface area contributed by atoms with Crippen LogP contribution in [0.1, 0.15) is 18.9 Å². The number of carbonyl (C=O) groups excluding carboxylic acids is 1. The molecule has 0 bridgehead atoms. The van der Waals surface area contributed by atoms with Gasteiger partial charge in [0.25, 0.3) is 0 Å². The summed E-state index contributed by atoms with van der Waals surface area (Å²) in [5, 5.41) is 2.59. The number of hydrogen-bond acceptors (Lipinski definition) is 2. The standard InChI is InChI=1S/C10H15N3O.ClH/c1-2-3-8-4-6-9(7-5-8)12-10(14)13-11;/h4-7H,2-3,11H2,1H3,(H2,12,13,14);1H. The summed E-state index contributed by atoms with van der Waals surface area (Å²) in [4.78, 5) is 10.8. The Morgan fingerprint density at radius 1 is 1.33 bits per heavy atom. The maximum absolute atomic E-state index is 10.8. The topological polar surface area (TPSA) is 67.2 Å². The molecular weight excluding hydrogens is 214 g/mol. The predicted octanol–water partition coefficient (Wildman–Crippen LogP) is 2.06. The number of halogens is 1. The lowest BCUT2D eigenvalue weighted by Gasteiger charge is -2.04. The first-order valence-electron chi connectivity index (χ1n) is 4.62. The normalized spacial score (nSPS) is 8.93. The number of nitrogens with two attached hydrogens (primary N) is 1. The molecule has 1 aromatic rings. The fraction of sp³-hybridized carbons (Fsp3) is 0.300. The molecule has 15 heavy (non-hydrogen) atoms. The minimum atomic E-state index is -0.409. The average molecular weight is 230 g/mol. The summed E-state index contributed by atoms with van der Waals surface area (Å²) in [5.41, 5.74) is 4.02. The highest BCUT2D eigenvalue weighted by Crippen LogP contribution is 2.10. The molecule has 1 rings (SSSR count). The number of hydrogen-bond donors (Lipinski definition) is 3. The van der Waals surface area contributed by atoms with Crippen molar-refractivity contribution >= 4 is 24.1 Å². The number of carbonyl (C=O) groups is 1. The van der Waals surface area contributed by atoms with Gasteiger partial charge in [-0.25, -0.2) is 10.6 Å². The Balaban J connectivity index is 0.00000196. The number of hydrazine groups is 1. The predicted molar refractivity (Wildman–Crippen MR) is 64.0 cm³/mol. The SMILES string of the molecule is CCCc1ccc(NC(=O)NN)cc1.Cl. The smallest absolute Gasteiger partial charge is 0.307 e. The zero-order valence-corrected chi connectivity index (χ0v) is 9.43. The monoisotopic (exact) mass is 229 g/mol. The maximum atomic E-state index is 10.8. The van der Waals surface area contributed by atoms with E-state index in [4.69, 9.17) is 5.84 Å². The van der Waals surface area contributed by atoms with Gasteiger partial charge >= 0.3 is 6.03 Å². The Bertz CT molecular complexity index is 300. The van der Waals surface area contributed by atoms with Crippen LogP contribution in [-0.4, -0.2) is 6.03 Å². The highest BCUT2D eigenvalue weighted by molar-refractivity contribution is 5.88. The molecule has 0 spiro atoms. The van der Waals surface area contributed by atoms with E-state index in [1.807, 2.05) is 29.7 Å². The highest BCUT2D eigenvalue weighted by Gasteiger charge is 1.97. The Kier molecular flexibility index (Phi) is 6.49. The van der Waals surface area contributed by atoms with Gasteiger partial charge in [-0.2, -0.15) is 0 Å². The second-order valence-corrected chi connectivity index (χ2v) is 3.05. The van der Waals surface area contributed by atoms with Gasteiger partial charge in [0, 0.05) is 5.69 Å². The number of anilines is 1. The first-order chi connectivity index (χ1) is 6.76. The lowest BCUT2D eigenvalue weighted by molar-refractivity contribution is 0.252. The van der Waals surface area contributed by atoms with Crippen molar-refractivity contribution < 1.29 is 4.79 Å². The van der Waals surface area contributed by atoms with Crippen LogP contribution < -0.4 is 16.6 Å². The van der Waals surface area contributed by atoms with Crippen LogP contribution in [0, 0.1) is 0 Å². The fourth-order valence-electron chi connectivity index (χ4n) is 1.21. The summed E-state index contributed by atoms with van der Waals surface area (Å²) in [7, 11) is 0. The summed E-state index contributed by atoms with van der Waals surface area (Å²) in [5.74, 6) is 4.94. The van der Waals surface area contributed by atoms with E-state index in [0.717, 1.165) is 18.5 Å². The second-order valence-electron chi connectivity index (χ2n) is 3.05. The zero-order chi connectivity index (χ0) is 10.4. The summed E-state index contributed by atoms with van der Waals surface area (Å²) in [6.45, 7) is 2.13. The Labute approximate surface area is 95.6 Å².